The van der Waals surface area contributed by atoms with E-state index in [0.717, 1.165) is 5.56 Å². The molecule has 0 fully saturated rings. The maximum absolute atomic E-state index is 11.9. The largest absolute Gasteiger partial charge is 0.508 e. The Morgan fingerprint density at radius 2 is 1.72 bits per heavy atom. The SMILES string of the molecule is NC(=O)C(CCCCC(=O)Nc1ccc(O)cc1)c1ccccc1N. The molecule has 0 radical (unpaired) electrons. The monoisotopic (exact) mass is 341 g/mol. The summed E-state index contributed by atoms with van der Waals surface area (Å²) in [7, 11) is 0. The second-order valence-corrected chi connectivity index (χ2v) is 5.92. The van der Waals surface area contributed by atoms with Gasteiger partial charge in [0.1, 0.15) is 5.75 Å². The summed E-state index contributed by atoms with van der Waals surface area (Å²) in [6.45, 7) is 0. The van der Waals surface area contributed by atoms with E-state index in [-0.39, 0.29) is 11.7 Å². The van der Waals surface area contributed by atoms with Crippen molar-refractivity contribution in [2.75, 3.05) is 11.1 Å². The molecule has 2 aromatic rings. The van der Waals surface area contributed by atoms with Gasteiger partial charge in [-0.05, 0) is 48.7 Å². The van der Waals surface area contributed by atoms with Crippen molar-refractivity contribution in [2.45, 2.75) is 31.6 Å². The van der Waals surface area contributed by atoms with Gasteiger partial charge in [0.2, 0.25) is 11.8 Å². The lowest BCUT2D eigenvalue weighted by atomic mass is 9.91. The summed E-state index contributed by atoms with van der Waals surface area (Å²) >= 11 is 0. The number of aromatic hydroxyl groups is 1. The van der Waals surface area contributed by atoms with E-state index in [1.165, 1.54) is 12.1 Å². The molecule has 2 rings (SSSR count). The van der Waals surface area contributed by atoms with Crippen molar-refractivity contribution in [3.05, 3.63) is 54.1 Å². The van der Waals surface area contributed by atoms with E-state index in [4.69, 9.17) is 11.5 Å². The fourth-order valence-corrected chi connectivity index (χ4v) is 2.68. The first-order chi connectivity index (χ1) is 12.0. The van der Waals surface area contributed by atoms with E-state index < -0.39 is 11.8 Å². The van der Waals surface area contributed by atoms with Crippen molar-refractivity contribution >= 4 is 23.2 Å². The Morgan fingerprint density at radius 3 is 2.36 bits per heavy atom. The minimum Gasteiger partial charge on any atom is -0.508 e. The van der Waals surface area contributed by atoms with Gasteiger partial charge < -0.3 is 21.9 Å². The van der Waals surface area contributed by atoms with Crippen LogP contribution in [0.15, 0.2) is 48.5 Å². The number of unbranched alkanes of at least 4 members (excludes halogenated alkanes) is 1. The predicted molar refractivity (Wildman–Crippen MR) is 98.0 cm³/mol. The number of phenols is 1. The Bertz CT molecular complexity index is 729. The molecule has 0 aliphatic carbocycles. The number of phenolic OH excluding ortho intramolecular Hbond substituents is 1. The number of benzene rings is 2. The van der Waals surface area contributed by atoms with Crippen molar-refractivity contribution in [2.24, 2.45) is 5.73 Å². The van der Waals surface area contributed by atoms with Gasteiger partial charge >= 0.3 is 0 Å². The summed E-state index contributed by atoms with van der Waals surface area (Å²) in [4.78, 5) is 23.6. The van der Waals surface area contributed by atoms with Crippen molar-refractivity contribution in [3.63, 3.8) is 0 Å². The van der Waals surface area contributed by atoms with Gasteiger partial charge in [-0.15, -0.1) is 0 Å². The number of para-hydroxylation sites is 1. The van der Waals surface area contributed by atoms with E-state index in [0.29, 0.717) is 37.1 Å². The summed E-state index contributed by atoms with van der Waals surface area (Å²) in [5.41, 5.74) is 13.3. The fraction of sp³-hybridized carbons (Fsp3) is 0.263. The van der Waals surface area contributed by atoms with E-state index in [1.807, 2.05) is 18.2 Å². The number of carbonyl (C=O) groups is 2. The molecule has 0 saturated heterocycles. The smallest absolute Gasteiger partial charge is 0.225 e. The van der Waals surface area contributed by atoms with Crippen LogP contribution in [-0.4, -0.2) is 16.9 Å². The molecular formula is C19H23N3O3. The number of nitrogen functional groups attached to an aromatic ring is 1. The Balaban J connectivity index is 1.80. The number of nitrogens with one attached hydrogen (secondary N) is 1. The first kappa shape index (κ1) is 18.3. The molecule has 132 valence electrons. The average molecular weight is 341 g/mol. The summed E-state index contributed by atoms with van der Waals surface area (Å²) in [5, 5.41) is 12.0. The molecule has 0 bridgehead atoms. The van der Waals surface area contributed by atoms with Gasteiger partial charge in [0, 0.05) is 17.8 Å². The number of amides is 2. The number of carbonyl (C=O) groups excluding carboxylic acids is 2. The van der Waals surface area contributed by atoms with Crippen LogP contribution in [0.5, 0.6) is 5.75 Å². The lowest BCUT2D eigenvalue weighted by molar-refractivity contribution is -0.119. The van der Waals surface area contributed by atoms with Gasteiger partial charge in [0.15, 0.2) is 0 Å². The highest BCUT2D eigenvalue weighted by molar-refractivity contribution is 5.90. The molecule has 2 amide bonds. The molecule has 6 N–H and O–H groups in total. The summed E-state index contributed by atoms with van der Waals surface area (Å²) in [5.74, 6) is -0.816. The lowest BCUT2D eigenvalue weighted by Gasteiger charge is -2.15. The number of anilines is 2. The molecule has 6 heteroatoms. The number of hydrogen-bond acceptors (Lipinski definition) is 4. The maximum atomic E-state index is 11.9. The Morgan fingerprint density at radius 1 is 1.04 bits per heavy atom. The minimum absolute atomic E-state index is 0.111. The summed E-state index contributed by atoms with van der Waals surface area (Å²) in [6, 6.07) is 13.5. The molecule has 0 saturated carbocycles. The van der Waals surface area contributed by atoms with Crippen molar-refractivity contribution in [1.29, 1.82) is 0 Å². The van der Waals surface area contributed by atoms with E-state index in [2.05, 4.69) is 5.32 Å². The highest BCUT2D eigenvalue weighted by Gasteiger charge is 2.19. The van der Waals surface area contributed by atoms with Gasteiger partial charge in [-0.1, -0.05) is 24.6 Å². The zero-order chi connectivity index (χ0) is 18.2. The molecule has 0 aliphatic rings. The predicted octanol–water partition coefficient (Wildman–Crippen LogP) is 2.74. The molecule has 0 aliphatic heterocycles. The highest BCUT2D eigenvalue weighted by Crippen LogP contribution is 2.27. The van der Waals surface area contributed by atoms with Crippen LogP contribution in [0.4, 0.5) is 11.4 Å². The Labute approximate surface area is 146 Å². The number of hydrogen-bond donors (Lipinski definition) is 4. The molecule has 1 unspecified atom stereocenters. The van der Waals surface area contributed by atoms with Crippen LogP contribution in [0.25, 0.3) is 0 Å². The third kappa shape index (κ3) is 5.53. The molecule has 0 aromatic heterocycles. The van der Waals surface area contributed by atoms with Crippen LogP contribution >= 0.6 is 0 Å². The van der Waals surface area contributed by atoms with Gasteiger partial charge in [-0.25, -0.2) is 0 Å². The Kier molecular flexibility index (Phi) is 6.39. The third-order valence-electron chi connectivity index (χ3n) is 4.01. The standard InChI is InChI=1S/C19H23N3O3/c20-17-7-3-1-5-15(17)16(19(21)25)6-2-4-8-18(24)22-13-9-11-14(23)12-10-13/h1,3,5,7,9-12,16,23H,2,4,6,8,20H2,(H2,21,25)(H,22,24). The number of nitrogens with two attached hydrogens (primary N) is 2. The van der Waals surface area contributed by atoms with Gasteiger partial charge in [-0.2, -0.15) is 0 Å². The molecule has 1 atom stereocenters. The van der Waals surface area contributed by atoms with Gasteiger partial charge in [0.25, 0.3) is 0 Å². The van der Waals surface area contributed by atoms with Crippen LogP contribution < -0.4 is 16.8 Å². The first-order valence-electron chi connectivity index (χ1n) is 8.20. The molecule has 2 aromatic carbocycles. The van der Waals surface area contributed by atoms with Crippen LogP contribution in [0.3, 0.4) is 0 Å². The fourth-order valence-electron chi connectivity index (χ4n) is 2.68. The van der Waals surface area contributed by atoms with Crippen LogP contribution in [0.2, 0.25) is 0 Å². The van der Waals surface area contributed by atoms with Crippen LogP contribution in [0.1, 0.15) is 37.2 Å². The second kappa shape index (κ2) is 8.73. The van der Waals surface area contributed by atoms with Crippen molar-refractivity contribution < 1.29 is 14.7 Å². The summed E-state index contributed by atoms with van der Waals surface area (Å²) in [6.07, 6.45) is 2.22. The van der Waals surface area contributed by atoms with Crippen molar-refractivity contribution in [1.82, 2.24) is 0 Å². The molecular weight excluding hydrogens is 318 g/mol. The van der Waals surface area contributed by atoms with E-state index in [9.17, 15) is 14.7 Å². The quantitative estimate of drug-likeness (QED) is 0.335. The topological polar surface area (TPSA) is 118 Å². The van der Waals surface area contributed by atoms with Crippen molar-refractivity contribution in [3.8, 4) is 5.75 Å². The molecule has 25 heavy (non-hydrogen) atoms. The maximum Gasteiger partial charge on any atom is 0.225 e. The number of primary amides is 1. The molecule has 0 spiro atoms. The molecule has 0 heterocycles. The minimum atomic E-state index is -0.443. The Hall–Kier alpha value is -3.02. The number of rotatable bonds is 8. The summed E-state index contributed by atoms with van der Waals surface area (Å²) < 4.78 is 0. The van der Waals surface area contributed by atoms with Gasteiger partial charge in [-0.3, -0.25) is 9.59 Å². The van der Waals surface area contributed by atoms with Gasteiger partial charge in [0.05, 0.1) is 5.92 Å². The zero-order valence-corrected chi connectivity index (χ0v) is 13.9. The van der Waals surface area contributed by atoms with E-state index in [1.54, 1.807) is 18.2 Å². The normalized spacial score (nSPS) is 11.7. The lowest BCUT2D eigenvalue weighted by Crippen LogP contribution is -2.22. The third-order valence-corrected chi connectivity index (χ3v) is 4.01. The second-order valence-electron chi connectivity index (χ2n) is 5.92. The first-order valence-corrected chi connectivity index (χ1v) is 8.20. The highest BCUT2D eigenvalue weighted by atomic mass is 16.3. The van der Waals surface area contributed by atoms with E-state index >= 15 is 0 Å². The average Bonchev–Trinajstić information content (AvgIpc) is 2.58. The molecule has 6 nitrogen and oxygen atoms in total. The van der Waals surface area contributed by atoms with Crippen LogP contribution in [0, 0.1) is 0 Å². The zero-order valence-electron chi connectivity index (χ0n) is 13.9. The van der Waals surface area contributed by atoms with Crippen LogP contribution in [-0.2, 0) is 9.59 Å².